The maximum Gasteiger partial charge on any atom is 0.175 e. The summed E-state index contributed by atoms with van der Waals surface area (Å²) >= 11 is 0. The summed E-state index contributed by atoms with van der Waals surface area (Å²) in [5.41, 5.74) is 4.47. The predicted octanol–water partition coefficient (Wildman–Crippen LogP) is 3.28. The van der Waals surface area contributed by atoms with Crippen LogP contribution < -0.4 is 15.4 Å². The van der Waals surface area contributed by atoms with Crippen LogP contribution in [-0.4, -0.2) is 68.8 Å². The van der Waals surface area contributed by atoms with Gasteiger partial charge in [-0.2, -0.15) is 0 Å². The first kappa shape index (κ1) is 24.9. The number of pyridine rings is 1. The van der Waals surface area contributed by atoms with E-state index in [2.05, 4.69) is 57.9 Å². The highest BCUT2D eigenvalue weighted by atomic mass is 32.2. The molecule has 1 aliphatic heterocycles. The number of imidazole rings is 1. The van der Waals surface area contributed by atoms with Gasteiger partial charge in [-0.05, 0) is 69.6 Å². The number of hydrogen-bond donors (Lipinski definition) is 2. The summed E-state index contributed by atoms with van der Waals surface area (Å²) in [7, 11) is 0.377. The van der Waals surface area contributed by atoms with Crippen molar-refractivity contribution < 1.29 is 13.2 Å². The Morgan fingerprint density at radius 2 is 1.97 bits per heavy atom. The van der Waals surface area contributed by atoms with Crippen LogP contribution in [-0.2, 0) is 16.3 Å². The molecule has 0 spiro atoms. The van der Waals surface area contributed by atoms with Gasteiger partial charge in [-0.3, -0.25) is 0 Å². The lowest BCUT2D eigenvalue weighted by Crippen LogP contribution is -2.36. The van der Waals surface area contributed by atoms with Crippen molar-refractivity contribution in [1.29, 1.82) is 0 Å². The number of sulfone groups is 1. The van der Waals surface area contributed by atoms with Gasteiger partial charge in [0, 0.05) is 24.6 Å². The molecule has 1 fully saturated rings. The maximum atomic E-state index is 11.8. The SMILES string of the molecule is CCc1c(C#CCNc2ccc(S(C)(=O)=O)cc2OC)nc2c(NC3CCN(C)CC3)cccn12. The molecule has 0 bridgehead atoms. The van der Waals surface area contributed by atoms with Gasteiger partial charge in [0.05, 0.1) is 35.6 Å². The van der Waals surface area contributed by atoms with E-state index in [1.54, 1.807) is 12.1 Å². The van der Waals surface area contributed by atoms with Crippen molar-refractivity contribution >= 4 is 26.9 Å². The van der Waals surface area contributed by atoms with Crippen LogP contribution in [0.1, 0.15) is 31.2 Å². The maximum absolute atomic E-state index is 11.8. The third-order valence-electron chi connectivity index (χ3n) is 6.34. The molecule has 3 heterocycles. The lowest BCUT2D eigenvalue weighted by molar-refractivity contribution is 0.264. The first-order chi connectivity index (χ1) is 16.8. The number of fused-ring (bicyclic) bond motifs is 1. The zero-order chi connectivity index (χ0) is 25.0. The number of aryl methyl sites for hydroxylation is 1. The van der Waals surface area contributed by atoms with Gasteiger partial charge in [-0.1, -0.05) is 12.8 Å². The lowest BCUT2D eigenvalue weighted by atomic mass is 10.1. The molecule has 0 radical (unpaired) electrons. The molecule has 3 aromatic rings. The first-order valence-corrected chi connectivity index (χ1v) is 13.7. The van der Waals surface area contributed by atoms with Crippen molar-refractivity contribution in [3.05, 3.63) is 47.9 Å². The van der Waals surface area contributed by atoms with Gasteiger partial charge in [0.1, 0.15) is 11.4 Å². The van der Waals surface area contributed by atoms with Crippen molar-refractivity contribution in [3.63, 3.8) is 0 Å². The third-order valence-corrected chi connectivity index (χ3v) is 7.45. The molecule has 1 saturated heterocycles. The van der Waals surface area contributed by atoms with Crippen molar-refractivity contribution in [1.82, 2.24) is 14.3 Å². The first-order valence-electron chi connectivity index (χ1n) is 11.9. The van der Waals surface area contributed by atoms with Crippen molar-refractivity contribution in [2.45, 2.75) is 37.1 Å². The monoisotopic (exact) mass is 495 g/mol. The molecule has 4 rings (SSSR count). The van der Waals surface area contributed by atoms with E-state index in [9.17, 15) is 8.42 Å². The minimum absolute atomic E-state index is 0.216. The molecule has 0 unspecified atom stereocenters. The molecule has 1 aliphatic rings. The van der Waals surface area contributed by atoms with Crippen LogP contribution in [0.15, 0.2) is 41.4 Å². The van der Waals surface area contributed by atoms with E-state index < -0.39 is 9.84 Å². The summed E-state index contributed by atoms with van der Waals surface area (Å²) in [6, 6.07) is 9.36. The number of piperidine rings is 1. The van der Waals surface area contributed by atoms with Crippen molar-refractivity contribution in [2.75, 3.05) is 50.7 Å². The van der Waals surface area contributed by atoms with Gasteiger partial charge < -0.3 is 24.7 Å². The Kier molecular flexibility index (Phi) is 7.53. The summed E-state index contributed by atoms with van der Waals surface area (Å²) in [4.78, 5) is 7.46. The highest BCUT2D eigenvalue weighted by Crippen LogP contribution is 2.27. The van der Waals surface area contributed by atoms with E-state index in [0.717, 1.165) is 55.1 Å². The zero-order valence-electron chi connectivity index (χ0n) is 20.8. The predicted molar refractivity (Wildman–Crippen MR) is 140 cm³/mol. The summed E-state index contributed by atoms with van der Waals surface area (Å²) in [6.45, 7) is 4.67. The Morgan fingerprint density at radius 3 is 2.66 bits per heavy atom. The molecule has 0 amide bonds. The Bertz CT molecular complexity index is 1360. The third kappa shape index (κ3) is 5.72. The Balaban J connectivity index is 1.52. The van der Waals surface area contributed by atoms with Gasteiger partial charge in [0.25, 0.3) is 0 Å². The summed E-state index contributed by atoms with van der Waals surface area (Å²) in [6.07, 6.45) is 6.27. The number of hydrogen-bond acceptors (Lipinski definition) is 7. The van der Waals surface area contributed by atoms with Crippen LogP contribution in [0.3, 0.4) is 0 Å². The lowest BCUT2D eigenvalue weighted by Gasteiger charge is -2.30. The largest absolute Gasteiger partial charge is 0.495 e. The smallest absolute Gasteiger partial charge is 0.175 e. The fraction of sp³-hybridized carbons (Fsp3) is 0.423. The summed E-state index contributed by atoms with van der Waals surface area (Å²) in [5, 5.41) is 6.91. The number of benzene rings is 1. The molecule has 0 atom stereocenters. The van der Waals surface area contributed by atoms with Gasteiger partial charge >= 0.3 is 0 Å². The molecule has 0 saturated carbocycles. The number of anilines is 2. The highest BCUT2D eigenvalue weighted by Gasteiger charge is 2.19. The fourth-order valence-corrected chi connectivity index (χ4v) is 4.99. The quantitative estimate of drug-likeness (QED) is 0.487. The second-order valence-electron chi connectivity index (χ2n) is 8.89. The number of likely N-dealkylation sites (tertiary alicyclic amines) is 1. The van der Waals surface area contributed by atoms with E-state index in [-0.39, 0.29) is 4.90 Å². The summed E-state index contributed by atoms with van der Waals surface area (Å²) < 4.78 is 31.1. The van der Waals surface area contributed by atoms with Crippen molar-refractivity contribution in [3.8, 4) is 17.6 Å². The molecular formula is C26H33N5O3S. The van der Waals surface area contributed by atoms with Gasteiger partial charge in [0.2, 0.25) is 0 Å². The molecule has 35 heavy (non-hydrogen) atoms. The molecule has 0 aliphatic carbocycles. The van der Waals surface area contributed by atoms with E-state index in [1.165, 1.54) is 19.4 Å². The van der Waals surface area contributed by atoms with Crippen LogP contribution in [0.5, 0.6) is 5.75 Å². The normalized spacial score (nSPS) is 15.0. The standard InChI is InChI=1S/C26H33N5O3S/c1-5-24-21(8-6-14-27-22-11-10-20(35(4,32)33)18-25(22)34-3)29-26-23(9-7-15-31(24)26)28-19-12-16-30(2)17-13-19/h7,9-11,15,18-19,27-28H,5,12-14,16-17H2,1-4H3. The van der Waals surface area contributed by atoms with E-state index in [0.29, 0.717) is 24.0 Å². The Morgan fingerprint density at radius 1 is 1.20 bits per heavy atom. The van der Waals surface area contributed by atoms with Crippen LogP contribution in [0.25, 0.3) is 5.65 Å². The summed E-state index contributed by atoms with van der Waals surface area (Å²) in [5.74, 6) is 6.83. The molecule has 1 aromatic carbocycles. The number of nitrogens with one attached hydrogen (secondary N) is 2. The van der Waals surface area contributed by atoms with Gasteiger partial charge in [-0.15, -0.1) is 0 Å². The molecule has 186 valence electrons. The average Bonchev–Trinajstić information content (AvgIpc) is 3.21. The molecular weight excluding hydrogens is 462 g/mol. The Hall–Kier alpha value is -3.22. The number of rotatable bonds is 7. The molecule has 8 nitrogen and oxygen atoms in total. The fourth-order valence-electron chi connectivity index (χ4n) is 4.36. The number of nitrogens with zero attached hydrogens (tertiary/aromatic N) is 3. The van der Waals surface area contributed by atoms with Crippen LogP contribution in [0, 0.1) is 11.8 Å². The number of methoxy groups -OCH3 is 1. The Labute approximate surface area is 207 Å². The second kappa shape index (κ2) is 10.6. The topological polar surface area (TPSA) is 88.0 Å². The average molecular weight is 496 g/mol. The minimum Gasteiger partial charge on any atom is -0.495 e. The van der Waals surface area contributed by atoms with Crippen LogP contribution >= 0.6 is 0 Å². The van der Waals surface area contributed by atoms with E-state index >= 15 is 0 Å². The van der Waals surface area contributed by atoms with Gasteiger partial charge in [-0.25, -0.2) is 13.4 Å². The zero-order valence-corrected chi connectivity index (χ0v) is 21.6. The second-order valence-corrected chi connectivity index (χ2v) is 10.9. The minimum atomic E-state index is -3.30. The van der Waals surface area contributed by atoms with Crippen LogP contribution in [0.4, 0.5) is 11.4 Å². The molecule has 2 aromatic heterocycles. The molecule has 9 heteroatoms. The highest BCUT2D eigenvalue weighted by molar-refractivity contribution is 7.90. The number of ether oxygens (including phenoxy) is 1. The number of aromatic nitrogens is 2. The molecule has 2 N–H and O–H groups in total. The van der Waals surface area contributed by atoms with E-state index in [4.69, 9.17) is 9.72 Å². The van der Waals surface area contributed by atoms with Crippen LogP contribution in [0.2, 0.25) is 0 Å². The van der Waals surface area contributed by atoms with Gasteiger partial charge in [0.15, 0.2) is 15.5 Å². The van der Waals surface area contributed by atoms with Crippen molar-refractivity contribution in [2.24, 2.45) is 0 Å². The van der Waals surface area contributed by atoms with E-state index in [1.807, 2.05) is 6.20 Å².